The lowest BCUT2D eigenvalue weighted by molar-refractivity contribution is -0.147. The second-order valence-corrected chi connectivity index (χ2v) is 11.9. The summed E-state index contributed by atoms with van der Waals surface area (Å²) in [6.45, 7) is 3.67. The molecule has 0 rings (SSSR count). The maximum atomic E-state index is 11.1. The molecular weight excluding hydrogens is 448 g/mol. The first-order chi connectivity index (χ1) is 17.4. The number of aliphatic carboxylic acids is 2. The quantitative estimate of drug-likeness (QED) is 0.0981. The maximum Gasteiger partial charge on any atom is 0.309 e. The fourth-order valence-corrected chi connectivity index (χ4v) is 5.02. The molecule has 0 radical (unpaired) electrons. The summed E-state index contributed by atoms with van der Waals surface area (Å²) in [5.74, 6) is -1.33. The van der Waals surface area contributed by atoms with Crippen LogP contribution in [0.5, 0.6) is 0 Å². The van der Waals surface area contributed by atoms with Crippen LogP contribution in [0.15, 0.2) is 0 Å². The lowest BCUT2D eigenvalue weighted by atomic mass is 9.87. The largest absolute Gasteiger partial charge is 0.481 e. The summed E-state index contributed by atoms with van der Waals surface area (Å²) in [7, 11) is 0. The molecule has 0 aliphatic heterocycles. The van der Waals surface area contributed by atoms with Crippen molar-refractivity contribution in [1.82, 2.24) is 0 Å². The van der Waals surface area contributed by atoms with Gasteiger partial charge in [-0.25, -0.2) is 0 Å². The second kappa shape index (κ2) is 25.6. The molecule has 0 aromatic heterocycles. The topological polar surface area (TPSA) is 74.6 Å². The molecule has 4 nitrogen and oxygen atoms in total. The summed E-state index contributed by atoms with van der Waals surface area (Å²) < 4.78 is 0. The molecule has 0 spiro atoms. The first-order valence-corrected chi connectivity index (χ1v) is 15.8. The van der Waals surface area contributed by atoms with Crippen molar-refractivity contribution in [2.24, 2.45) is 5.41 Å². The molecular formula is C32H62O4. The minimum Gasteiger partial charge on any atom is -0.481 e. The molecule has 0 aliphatic carbocycles. The molecule has 4 heteroatoms. The van der Waals surface area contributed by atoms with E-state index >= 15 is 0 Å². The molecule has 0 unspecified atom stereocenters. The molecule has 2 N–H and O–H groups in total. The van der Waals surface area contributed by atoms with E-state index in [1.807, 2.05) is 13.8 Å². The maximum absolute atomic E-state index is 11.1. The minimum absolute atomic E-state index is 0.335. The zero-order valence-electron chi connectivity index (χ0n) is 24.3. The highest BCUT2D eigenvalue weighted by Crippen LogP contribution is 2.24. The van der Waals surface area contributed by atoms with E-state index in [9.17, 15) is 9.59 Å². The van der Waals surface area contributed by atoms with Crippen LogP contribution in [0.3, 0.4) is 0 Å². The molecule has 0 saturated carbocycles. The molecule has 0 amide bonds. The lowest BCUT2D eigenvalue weighted by Crippen LogP contribution is -2.23. The summed E-state index contributed by atoms with van der Waals surface area (Å²) >= 11 is 0. The van der Waals surface area contributed by atoms with Crippen molar-refractivity contribution in [2.45, 2.75) is 187 Å². The van der Waals surface area contributed by atoms with Gasteiger partial charge in [0.25, 0.3) is 0 Å². The smallest absolute Gasteiger partial charge is 0.309 e. The Morgan fingerprint density at radius 3 is 0.861 bits per heavy atom. The number of unbranched alkanes of at least 4 members (excludes halogenated alkanes) is 24. The van der Waals surface area contributed by atoms with E-state index in [-0.39, 0.29) is 0 Å². The molecule has 0 heterocycles. The van der Waals surface area contributed by atoms with Crippen LogP contribution in [0.25, 0.3) is 0 Å². The predicted molar refractivity (Wildman–Crippen MR) is 154 cm³/mol. The highest BCUT2D eigenvalue weighted by molar-refractivity contribution is 5.73. The molecule has 0 aromatic carbocycles. The molecule has 0 fully saturated rings. The van der Waals surface area contributed by atoms with Gasteiger partial charge < -0.3 is 10.2 Å². The highest BCUT2D eigenvalue weighted by Gasteiger charge is 2.25. The van der Waals surface area contributed by atoms with Crippen LogP contribution in [-0.4, -0.2) is 22.2 Å². The first kappa shape index (κ1) is 34.9. The van der Waals surface area contributed by atoms with Gasteiger partial charge in [0.05, 0.1) is 5.41 Å². The van der Waals surface area contributed by atoms with Gasteiger partial charge in [-0.15, -0.1) is 0 Å². The van der Waals surface area contributed by atoms with Gasteiger partial charge in [0.15, 0.2) is 0 Å². The zero-order valence-corrected chi connectivity index (χ0v) is 24.3. The SMILES string of the molecule is CC(C)(CCCCCCCCCCCCCCCCCCCCCCCCCCCC(=O)O)C(=O)O. The molecule has 214 valence electrons. The third kappa shape index (κ3) is 26.0. The standard InChI is InChI=1S/C32H62O4/c1-32(2,31(35)36)29-27-25-23-21-19-17-15-13-11-9-7-5-3-4-6-8-10-12-14-16-18-20-22-24-26-28-30(33)34/h3-29H2,1-2H3,(H,33,34)(H,35,36). The van der Waals surface area contributed by atoms with Crippen LogP contribution < -0.4 is 0 Å². The molecule has 0 bridgehead atoms. The Hall–Kier alpha value is -1.06. The molecule has 0 atom stereocenters. The molecule has 0 saturated heterocycles. The number of hydrogen-bond acceptors (Lipinski definition) is 2. The van der Waals surface area contributed by atoms with E-state index in [1.54, 1.807) is 0 Å². The van der Waals surface area contributed by atoms with E-state index in [2.05, 4.69) is 0 Å². The number of carboxylic acid groups (broad SMARTS) is 2. The van der Waals surface area contributed by atoms with Crippen molar-refractivity contribution in [3.8, 4) is 0 Å². The fraction of sp³-hybridized carbons (Fsp3) is 0.938. The Kier molecular flexibility index (Phi) is 24.8. The lowest BCUT2D eigenvalue weighted by Gasteiger charge is -2.18. The van der Waals surface area contributed by atoms with Gasteiger partial charge in [-0.2, -0.15) is 0 Å². The Labute approximate surface area is 224 Å². The predicted octanol–water partition coefficient (Wildman–Crippen LogP) is 10.7. The number of hydrogen-bond donors (Lipinski definition) is 2. The number of rotatable bonds is 29. The van der Waals surface area contributed by atoms with E-state index in [0.29, 0.717) is 6.42 Å². The van der Waals surface area contributed by atoms with Gasteiger partial charge in [-0.1, -0.05) is 154 Å². The van der Waals surface area contributed by atoms with Crippen LogP contribution in [0, 0.1) is 5.41 Å². The van der Waals surface area contributed by atoms with Crippen LogP contribution >= 0.6 is 0 Å². The van der Waals surface area contributed by atoms with Crippen molar-refractivity contribution >= 4 is 11.9 Å². The minimum atomic E-state index is -0.670. The van der Waals surface area contributed by atoms with E-state index in [0.717, 1.165) is 25.7 Å². The number of carbonyl (C=O) groups is 2. The third-order valence-corrected chi connectivity index (χ3v) is 7.77. The van der Waals surface area contributed by atoms with Gasteiger partial charge in [0.1, 0.15) is 0 Å². The Morgan fingerprint density at radius 1 is 0.417 bits per heavy atom. The molecule has 0 aliphatic rings. The third-order valence-electron chi connectivity index (χ3n) is 7.77. The van der Waals surface area contributed by atoms with Crippen molar-refractivity contribution in [3.05, 3.63) is 0 Å². The van der Waals surface area contributed by atoms with Gasteiger partial charge in [-0.3, -0.25) is 9.59 Å². The van der Waals surface area contributed by atoms with Crippen LogP contribution in [-0.2, 0) is 9.59 Å². The second-order valence-electron chi connectivity index (χ2n) is 11.9. The van der Waals surface area contributed by atoms with Gasteiger partial charge >= 0.3 is 11.9 Å². The van der Waals surface area contributed by atoms with Crippen LogP contribution in [0.4, 0.5) is 0 Å². The van der Waals surface area contributed by atoms with Gasteiger partial charge in [-0.05, 0) is 26.7 Å². The number of carboxylic acids is 2. The van der Waals surface area contributed by atoms with Crippen molar-refractivity contribution in [1.29, 1.82) is 0 Å². The summed E-state index contributed by atoms with van der Waals surface area (Å²) in [6, 6.07) is 0. The normalized spacial score (nSPS) is 11.7. The summed E-state index contributed by atoms with van der Waals surface area (Å²) in [5, 5.41) is 17.7. The monoisotopic (exact) mass is 510 g/mol. The van der Waals surface area contributed by atoms with E-state index in [1.165, 1.54) is 141 Å². The average molecular weight is 511 g/mol. The molecule has 0 aromatic rings. The van der Waals surface area contributed by atoms with Gasteiger partial charge in [0, 0.05) is 6.42 Å². The van der Waals surface area contributed by atoms with E-state index in [4.69, 9.17) is 10.2 Å². The summed E-state index contributed by atoms with van der Waals surface area (Å²) in [4.78, 5) is 21.5. The molecule has 36 heavy (non-hydrogen) atoms. The van der Waals surface area contributed by atoms with Crippen molar-refractivity contribution in [2.75, 3.05) is 0 Å². The highest BCUT2D eigenvalue weighted by atomic mass is 16.4. The van der Waals surface area contributed by atoms with Gasteiger partial charge in [0.2, 0.25) is 0 Å². The first-order valence-electron chi connectivity index (χ1n) is 15.8. The van der Waals surface area contributed by atoms with Crippen LogP contribution in [0.1, 0.15) is 187 Å². The zero-order chi connectivity index (χ0) is 26.7. The Morgan fingerprint density at radius 2 is 0.639 bits per heavy atom. The fourth-order valence-electron chi connectivity index (χ4n) is 5.02. The van der Waals surface area contributed by atoms with E-state index < -0.39 is 17.4 Å². The Balaban J connectivity index is 3.11. The summed E-state index contributed by atoms with van der Waals surface area (Å²) in [5.41, 5.74) is -0.560. The average Bonchev–Trinajstić information content (AvgIpc) is 2.83. The van der Waals surface area contributed by atoms with Crippen molar-refractivity contribution in [3.63, 3.8) is 0 Å². The summed E-state index contributed by atoms with van der Waals surface area (Å²) in [6.07, 6.45) is 34.0. The van der Waals surface area contributed by atoms with Crippen LogP contribution in [0.2, 0.25) is 0 Å². The van der Waals surface area contributed by atoms with Crippen molar-refractivity contribution < 1.29 is 19.8 Å². The Bertz CT molecular complexity index is 500.